The minimum Gasteiger partial charge on any atom is -0.480 e. The summed E-state index contributed by atoms with van der Waals surface area (Å²) in [6.07, 6.45) is 4.03. The fourth-order valence-corrected chi connectivity index (χ4v) is 3.94. The zero-order valence-electron chi connectivity index (χ0n) is 13.7. The Bertz CT molecular complexity index is 604. The maximum atomic E-state index is 10.3. The third-order valence-electron chi connectivity index (χ3n) is 5.34. The van der Waals surface area contributed by atoms with Crippen LogP contribution in [0.15, 0.2) is 12.3 Å². The molecule has 1 saturated carbocycles. The number of aliphatic hydroxyl groups is 1. The SMILES string of the molecule is CCO[C@H]1C[C@@H](O)C12CCN(c1ccnc(OC)c1C#N)CC2. The van der Waals surface area contributed by atoms with E-state index in [4.69, 9.17) is 9.47 Å². The number of hydrogen-bond donors (Lipinski definition) is 1. The second-order valence-corrected chi connectivity index (χ2v) is 6.24. The first kappa shape index (κ1) is 16.0. The van der Waals surface area contributed by atoms with Gasteiger partial charge in [0.15, 0.2) is 0 Å². The first-order valence-corrected chi connectivity index (χ1v) is 8.14. The average molecular weight is 317 g/mol. The molecule has 23 heavy (non-hydrogen) atoms. The van der Waals surface area contributed by atoms with E-state index in [-0.39, 0.29) is 17.6 Å². The van der Waals surface area contributed by atoms with Crippen LogP contribution in [0.4, 0.5) is 5.69 Å². The number of methoxy groups -OCH3 is 1. The second-order valence-electron chi connectivity index (χ2n) is 6.24. The lowest BCUT2D eigenvalue weighted by Gasteiger charge is -2.56. The highest BCUT2D eigenvalue weighted by molar-refractivity contribution is 5.63. The highest BCUT2D eigenvalue weighted by atomic mass is 16.5. The van der Waals surface area contributed by atoms with Crippen molar-refractivity contribution in [3.8, 4) is 11.9 Å². The van der Waals surface area contributed by atoms with Gasteiger partial charge in [0.25, 0.3) is 0 Å². The van der Waals surface area contributed by atoms with Crippen molar-refractivity contribution >= 4 is 5.69 Å². The highest BCUT2D eigenvalue weighted by Gasteiger charge is 2.56. The van der Waals surface area contributed by atoms with Crippen LogP contribution >= 0.6 is 0 Å². The number of anilines is 1. The van der Waals surface area contributed by atoms with Gasteiger partial charge < -0.3 is 19.5 Å². The molecule has 1 saturated heterocycles. The molecule has 0 amide bonds. The number of rotatable bonds is 4. The van der Waals surface area contributed by atoms with Gasteiger partial charge in [0, 0.05) is 37.7 Å². The fourth-order valence-electron chi connectivity index (χ4n) is 3.94. The van der Waals surface area contributed by atoms with E-state index in [0.29, 0.717) is 18.1 Å². The predicted octanol–water partition coefficient (Wildman–Crippen LogP) is 1.72. The van der Waals surface area contributed by atoms with E-state index in [1.807, 2.05) is 13.0 Å². The summed E-state index contributed by atoms with van der Waals surface area (Å²) in [4.78, 5) is 6.28. The summed E-state index contributed by atoms with van der Waals surface area (Å²) in [7, 11) is 1.52. The number of nitrogens with zero attached hydrogens (tertiary/aromatic N) is 3. The molecule has 0 aromatic carbocycles. The Morgan fingerprint density at radius 1 is 1.48 bits per heavy atom. The van der Waals surface area contributed by atoms with Crippen molar-refractivity contribution < 1.29 is 14.6 Å². The standard InChI is InChI=1S/C17H23N3O3/c1-3-23-15-10-14(21)17(15)5-8-20(9-6-17)13-4-7-19-16(22-2)12(13)11-18/h4,7,14-15,21H,3,5-6,8-10H2,1-2H3/t14-,15+/m1/s1. The third kappa shape index (κ3) is 2.54. The normalized spacial score (nSPS) is 25.7. The highest BCUT2D eigenvalue weighted by Crippen LogP contribution is 2.51. The summed E-state index contributed by atoms with van der Waals surface area (Å²) in [6, 6.07) is 4.05. The zero-order valence-corrected chi connectivity index (χ0v) is 13.7. The molecule has 1 aliphatic carbocycles. The van der Waals surface area contributed by atoms with Crippen LogP contribution in [0.3, 0.4) is 0 Å². The van der Waals surface area contributed by atoms with Gasteiger partial charge in [0.1, 0.15) is 11.6 Å². The van der Waals surface area contributed by atoms with Crippen molar-refractivity contribution in [2.75, 3.05) is 31.7 Å². The maximum Gasteiger partial charge on any atom is 0.233 e. The van der Waals surface area contributed by atoms with Crippen molar-refractivity contribution in [3.63, 3.8) is 0 Å². The predicted molar refractivity (Wildman–Crippen MR) is 85.4 cm³/mol. The summed E-state index contributed by atoms with van der Waals surface area (Å²) < 4.78 is 11.0. The van der Waals surface area contributed by atoms with E-state index < -0.39 is 0 Å². The molecular weight excluding hydrogens is 294 g/mol. The topological polar surface area (TPSA) is 78.6 Å². The largest absolute Gasteiger partial charge is 0.480 e. The Kier molecular flexibility index (Phi) is 4.42. The van der Waals surface area contributed by atoms with Gasteiger partial charge in [-0.1, -0.05) is 0 Å². The lowest BCUT2D eigenvalue weighted by molar-refractivity contribution is -0.199. The Balaban J connectivity index is 1.76. The van der Waals surface area contributed by atoms with E-state index in [1.54, 1.807) is 6.20 Å². The Labute approximate surface area is 136 Å². The molecule has 0 radical (unpaired) electrons. The molecule has 0 bridgehead atoms. The number of nitriles is 1. The fraction of sp³-hybridized carbons (Fsp3) is 0.647. The minimum atomic E-state index is -0.274. The number of hydrogen-bond acceptors (Lipinski definition) is 6. The van der Waals surface area contributed by atoms with E-state index in [2.05, 4.69) is 16.0 Å². The van der Waals surface area contributed by atoms with Gasteiger partial charge >= 0.3 is 0 Å². The van der Waals surface area contributed by atoms with Crippen LogP contribution in [0, 0.1) is 16.7 Å². The number of pyridine rings is 1. The van der Waals surface area contributed by atoms with Crippen LogP contribution in [-0.4, -0.2) is 49.1 Å². The third-order valence-corrected chi connectivity index (χ3v) is 5.34. The number of aliphatic hydroxyl groups excluding tert-OH is 1. The number of piperidine rings is 1. The van der Waals surface area contributed by atoms with Crippen molar-refractivity contribution in [1.82, 2.24) is 4.98 Å². The van der Waals surface area contributed by atoms with Gasteiger partial charge in [0.05, 0.1) is 25.0 Å². The molecule has 124 valence electrons. The summed E-state index contributed by atoms with van der Waals surface area (Å²) in [5.41, 5.74) is 1.22. The molecule has 1 spiro atoms. The first-order chi connectivity index (χ1) is 11.2. The number of aromatic nitrogens is 1. The van der Waals surface area contributed by atoms with Crippen LogP contribution < -0.4 is 9.64 Å². The Hall–Kier alpha value is -1.84. The van der Waals surface area contributed by atoms with Gasteiger partial charge in [-0.2, -0.15) is 5.26 Å². The molecule has 2 aliphatic rings. The monoisotopic (exact) mass is 317 g/mol. The van der Waals surface area contributed by atoms with Gasteiger partial charge in [-0.3, -0.25) is 0 Å². The van der Waals surface area contributed by atoms with Gasteiger partial charge in [-0.15, -0.1) is 0 Å². The summed E-state index contributed by atoms with van der Waals surface area (Å²) in [6.45, 7) is 4.27. The molecule has 3 rings (SSSR count). The van der Waals surface area contributed by atoms with Crippen LogP contribution in [0.2, 0.25) is 0 Å². The molecule has 1 N–H and O–H groups in total. The van der Waals surface area contributed by atoms with Gasteiger partial charge in [-0.05, 0) is 25.8 Å². The van der Waals surface area contributed by atoms with E-state index in [0.717, 1.165) is 38.0 Å². The molecule has 6 nitrogen and oxygen atoms in total. The lowest BCUT2D eigenvalue weighted by atomic mass is 9.58. The van der Waals surface area contributed by atoms with Crippen molar-refractivity contribution in [2.45, 2.75) is 38.4 Å². The molecule has 0 unspecified atom stereocenters. The number of ether oxygens (including phenoxy) is 2. The van der Waals surface area contributed by atoms with E-state index in [1.165, 1.54) is 7.11 Å². The molecule has 2 fully saturated rings. The van der Waals surface area contributed by atoms with E-state index in [9.17, 15) is 10.4 Å². The molecule has 2 atom stereocenters. The van der Waals surface area contributed by atoms with E-state index >= 15 is 0 Å². The summed E-state index contributed by atoms with van der Waals surface area (Å²) >= 11 is 0. The maximum absolute atomic E-state index is 10.3. The molecule has 1 aromatic heterocycles. The minimum absolute atomic E-state index is 0.115. The molecule has 1 aliphatic heterocycles. The second kappa shape index (κ2) is 6.34. The molecule has 1 aromatic rings. The molecular formula is C17H23N3O3. The van der Waals surface area contributed by atoms with Crippen LogP contribution in [0.5, 0.6) is 5.88 Å². The van der Waals surface area contributed by atoms with Crippen LogP contribution in [-0.2, 0) is 4.74 Å². The smallest absolute Gasteiger partial charge is 0.233 e. The average Bonchev–Trinajstić information content (AvgIpc) is 2.61. The molecule has 6 heteroatoms. The van der Waals surface area contributed by atoms with Crippen LogP contribution in [0.1, 0.15) is 31.7 Å². The van der Waals surface area contributed by atoms with Gasteiger partial charge in [-0.25, -0.2) is 4.98 Å². The first-order valence-electron chi connectivity index (χ1n) is 8.14. The lowest BCUT2D eigenvalue weighted by Crippen LogP contribution is -2.62. The van der Waals surface area contributed by atoms with Crippen LogP contribution in [0.25, 0.3) is 0 Å². The summed E-state index contributed by atoms with van der Waals surface area (Å²) in [5, 5.41) is 19.7. The zero-order chi connectivity index (χ0) is 16.4. The van der Waals surface area contributed by atoms with Crippen molar-refractivity contribution in [1.29, 1.82) is 5.26 Å². The van der Waals surface area contributed by atoms with Gasteiger partial charge in [0.2, 0.25) is 5.88 Å². The Morgan fingerprint density at radius 3 is 2.78 bits per heavy atom. The summed E-state index contributed by atoms with van der Waals surface area (Å²) in [5.74, 6) is 0.362. The Morgan fingerprint density at radius 2 is 2.22 bits per heavy atom. The van der Waals surface area contributed by atoms with Crippen molar-refractivity contribution in [3.05, 3.63) is 17.8 Å². The quantitative estimate of drug-likeness (QED) is 0.911. The molecule has 2 heterocycles. The van der Waals surface area contributed by atoms with Crippen molar-refractivity contribution in [2.24, 2.45) is 5.41 Å².